The third kappa shape index (κ3) is 4.53. The smallest absolute Gasteiger partial charge is 0.339 e. The maximum absolute atomic E-state index is 13.4. The zero-order valence-corrected chi connectivity index (χ0v) is 19.6. The Labute approximate surface area is 204 Å². The normalized spacial score (nSPS) is 30.0. The molecule has 2 saturated carbocycles. The van der Waals surface area contributed by atoms with E-state index in [1.54, 1.807) is 0 Å². The Morgan fingerprint density at radius 1 is 0.886 bits per heavy atom. The van der Waals surface area contributed by atoms with Crippen molar-refractivity contribution in [3.05, 3.63) is 60.2 Å². The quantitative estimate of drug-likeness (QED) is 0.325. The van der Waals surface area contributed by atoms with E-state index < -0.39 is 18.2 Å². The molecule has 0 amide bonds. The van der Waals surface area contributed by atoms with Crippen LogP contribution in [0.15, 0.2) is 54.6 Å². The molecule has 3 aliphatic rings. The highest BCUT2D eigenvalue weighted by Crippen LogP contribution is 2.39. The number of benzene rings is 3. The molecule has 1 aliphatic heterocycles. The van der Waals surface area contributed by atoms with Gasteiger partial charge in [-0.05, 0) is 72.1 Å². The van der Waals surface area contributed by atoms with Crippen molar-refractivity contribution in [1.82, 2.24) is 0 Å². The molecule has 182 valence electrons. The molecule has 35 heavy (non-hydrogen) atoms. The van der Waals surface area contributed by atoms with Gasteiger partial charge in [0.1, 0.15) is 6.10 Å². The number of rotatable bonds is 5. The number of aliphatic hydroxyl groups excluding tert-OH is 1. The molecule has 6 heteroatoms. The SMILES string of the molecule is O=C(OC1CCC(C(=O)OCC2CCC3OC3C2)CC1O)c1c2ccccc2cc2ccccc12. The molecule has 3 aromatic carbocycles. The predicted octanol–water partition coefficient (Wildman–Crippen LogP) is 4.79. The van der Waals surface area contributed by atoms with E-state index in [9.17, 15) is 14.7 Å². The molecule has 6 nitrogen and oxygen atoms in total. The minimum absolute atomic E-state index is 0.242. The Balaban J connectivity index is 1.11. The monoisotopic (exact) mass is 474 g/mol. The van der Waals surface area contributed by atoms with E-state index in [2.05, 4.69) is 6.07 Å². The number of carbonyl (C=O) groups is 2. The second-order valence-corrected chi connectivity index (χ2v) is 10.2. The van der Waals surface area contributed by atoms with Crippen molar-refractivity contribution >= 4 is 33.5 Å². The summed E-state index contributed by atoms with van der Waals surface area (Å²) in [6.07, 6.45) is 3.49. The van der Waals surface area contributed by atoms with Gasteiger partial charge in [0.05, 0.1) is 36.4 Å². The summed E-state index contributed by atoms with van der Waals surface area (Å²) in [5.41, 5.74) is 0.516. The van der Waals surface area contributed by atoms with E-state index in [0.29, 0.717) is 43.1 Å². The number of carbonyl (C=O) groups excluding carboxylic acids is 2. The summed E-state index contributed by atoms with van der Waals surface area (Å²) >= 11 is 0. The van der Waals surface area contributed by atoms with Crippen molar-refractivity contribution < 1.29 is 28.9 Å². The van der Waals surface area contributed by atoms with Gasteiger partial charge in [-0.2, -0.15) is 0 Å². The van der Waals surface area contributed by atoms with Gasteiger partial charge in [0.15, 0.2) is 0 Å². The highest BCUT2D eigenvalue weighted by atomic mass is 16.6. The van der Waals surface area contributed by atoms with Crippen LogP contribution in [-0.2, 0) is 19.0 Å². The van der Waals surface area contributed by atoms with Crippen molar-refractivity contribution in [3.63, 3.8) is 0 Å². The number of hydrogen-bond acceptors (Lipinski definition) is 6. The Morgan fingerprint density at radius 3 is 2.29 bits per heavy atom. The van der Waals surface area contributed by atoms with Crippen LogP contribution in [0.3, 0.4) is 0 Å². The van der Waals surface area contributed by atoms with Gasteiger partial charge in [-0.15, -0.1) is 0 Å². The van der Waals surface area contributed by atoms with E-state index in [1.807, 2.05) is 48.5 Å². The summed E-state index contributed by atoms with van der Waals surface area (Å²) < 4.78 is 17.0. The van der Waals surface area contributed by atoms with Gasteiger partial charge >= 0.3 is 11.9 Å². The van der Waals surface area contributed by atoms with Crippen LogP contribution in [0.5, 0.6) is 0 Å². The first kappa shape index (κ1) is 22.5. The standard InChI is InChI=1S/C29H30O6/c30-23-15-20(28(31)33-16-17-9-11-25-26(13-17)34-25)10-12-24(23)35-29(32)27-21-7-3-1-5-18(21)14-19-6-2-4-8-22(19)27/h1-8,14,17,20,23-26,30H,9-13,15-16H2. The number of ether oxygens (including phenoxy) is 3. The van der Waals surface area contributed by atoms with Crippen LogP contribution >= 0.6 is 0 Å². The summed E-state index contributed by atoms with van der Waals surface area (Å²) in [5.74, 6) is -0.707. The van der Waals surface area contributed by atoms with Gasteiger partial charge in [-0.3, -0.25) is 4.79 Å². The van der Waals surface area contributed by atoms with Crippen LogP contribution in [0, 0.1) is 11.8 Å². The van der Waals surface area contributed by atoms with Crippen LogP contribution in [0.25, 0.3) is 21.5 Å². The molecule has 3 aromatic rings. The van der Waals surface area contributed by atoms with Crippen molar-refractivity contribution in [2.45, 2.75) is 62.9 Å². The molecular weight excluding hydrogens is 444 g/mol. The average Bonchev–Trinajstić information content (AvgIpc) is 3.66. The van der Waals surface area contributed by atoms with Gasteiger partial charge in [-0.1, -0.05) is 48.5 Å². The van der Waals surface area contributed by atoms with Crippen LogP contribution in [0.4, 0.5) is 0 Å². The van der Waals surface area contributed by atoms with Crippen molar-refractivity contribution in [3.8, 4) is 0 Å². The summed E-state index contributed by atoms with van der Waals surface area (Å²) in [6.45, 7) is 0.421. The van der Waals surface area contributed by atoms with Gasteiger partial charge in [-0.25, -0.2) is 4.79 Å². The fourth-order valence-corrected chi connectivity index (χ4v) is 5.86. The Kier molecular flexibility index (Phi) is 5.94. The molecule has 6 atom stereocenters. The van der Waals surface area contributed by atoms with Crippen LogP contribution < -0.4 is 0 Å². The molecule has 1 N–H and O–H groups in total. The largest absolute Gasteiger partial charge is 0.465 e. The van der Waals surface area contributed by atoms with Crippen molar-refractivity contribution in [2.75, 3.05) is 6.61 Å². The van der Waals surface area contributed by atoms with E-state index in [4.69, 9.17) is 14.2 Å². The lowest BCUT2D eigenvalue weighted by atomic mass is 9.85. The van der Waals surface area contributed by atoms with Crippen molar-refractivity contribution in [2.24, 2.45) is 11.8 Å². The highest BCUT2D eigenvalue weighted by molar-refractivity contribution is 6.16. The highest BCUT2D eigenvalue weighted by Gasteiger charge is 2.44. The molecule has 1 heterocycles. The Morgan fingerprint density at radius 2 is 1.60 bits per heavy atom. The average molecular weight is 475 g/mol. The van der Waals surface area contributed by atoms with Gasteiger partial charge in [0.25, 0.3) is 0 Å². The predicted molar refractivity (Wildman–Crippen MR) is 131 cm³/mol. The number of hydrogen-bond donors (Lipinski definition) is 1. The van der Waals surface area contributed by atoms with Gasteiger partial charge < -0.3 is 19.3 Å². The van der Waals surface area contributed by atoms with Crippen LogP contribution in [0.1, 0.15) is 48.9 Å². The Hall–Kier alpha value is -2.96. The molecule has 6 unspecified atom stereocenters. The third-order valence-electron chi connectivity index (χ3n) is 7.90. The number of aliphatic hydroxyl groups is 1. The summed E-state index contributed by atoms with van der Waals surface area (Å²) in [7, 11) is 0. The molecule has 0 aromatic heterocycles. The first-order valence-electron chi connectivity index (χ1n) is 12.7. The lowest BCUT2D eigenvalue weighted by molar-refractivity contribution is -0.154. The van der Waals surface area contributed by atoms with Gasteiger partial charge in [0, 0.05) is 0 Å². The molecule has 0 bridgehead atoms. The lowest BCUT2D eigenvalue weighted by Crippen LogP contribution is -2.40. The first-order chi connectivity index (χ1) is 17.1. The van der Waals surface area contributed by atoms with E-state index >= 15 is 0 Å². The lowest BCUT2D eigenvalue weighted by Gasteiger charge is -2.32. The van der Waals surface area contributed by atoms with Crippen molar-refractivity contribution in [1.29, 1.82) is 0 Å². The molecule has 0 radical (unpaired) electrons. The summed E-state index contributed by atoms with van der Waals surface area (Å²) in [5, 5.41) is 14.4. The fraction of sp³-hybridized carbons (Fsp3) is 0.448. The third-order valence-corrected chi connectivity index (χ3v) is 7.90. The summed E-state index contributed by atoms with van der Waals surface area (Å²) in [6, 6.07) is 17.6. The first-order valence-corrected chi connectivity index (χ1v) is 12.7. The molecular formula is C29H30O6. The molecule has 6 rings (SSSR count). The minimum Gasteiger partial charge on any atom is -0.465 e. The van der Waals surface area contributed by atoms with Crippen LogP contribution in [-0.4, -0.2) is 48.1 Å². The second-order valence-electron chi connectivity index (χ2n) is 10.2. The topological polar surface area (TPSA) is 85.4 Å². The number of esters is 2. The molecule has 2 aliphatic carbocycles. The zero-order chi connectivity index (χ0) is 23.9. The maximum atomic E-state index is 13.4. The van der Waals surface area contributed by atoms with Crippen LogP contribution in [0.2, 0.25) is 0 Å². The molecule has 0 spiro atoms. The zero-order valence-electron chi connectivity index (χ0n) is 19.6. The molecule has 3 fully saturated rings. The number of fused-ring (bicyclic) bond motifs is 3. The number of epoxide rings is 1. The summed E-state index contributed by atoms with van der Waals surface area (Å²) in [4.78, 5) is 26.0. The molecule has 1 saturated heterocycles. The second kappa shape index (κ2) is 9.25. The van der Waals surface area contributed by atoms with E-state index in [1.165, 1.54) is 0 Å². The fourth-order valence-electron chi connectivity index (χ4n) is 5.86. The van der Waals surface area contributed by atoms with Gasteiger partial charge in [0.2, 0.25) is 0 Å². The van der Waals surface area contributed by atoms with E-state index in [0.717, 1.165) is 40.8 Å². The maximum Gasteiger partial charge on any atom is 0.339 e. The van der Waals surface area contributed by atoms with E-state index in [-0.39, 0.29) is 18.3 Å². The Bertz CT molecular complexity index is 1210. The minimum atomic E-state index is -0.901.